The minimum atomic E-state index is 0. The molecule has 3 rings (SSSR count). The Morgan fingerprint density at radius 3 is 2.47 bits per heavy atom. The Morgan fingerprint density at radius 2 is 1.77 bits per heavy atom. The number of thiazole rings is 1. The van der Waals surface area contributed by atoms with Crippen molar-refractivity contribution in [3.8, 4) is 0 Å². The number of hydrogen-bond acceptors (Lipinski definition) is 5. The van der Waals surface area contributed by atoms with Gasteiger partial charge in [0.15, 0.2) is 5.13 Å². The third-order valence-corrected chi connectivity index (χ3v) is 6.89. The summed E-state index contributed by atoms with van der Waals surface area (Å²) in [5.41, 5.74) is 0.871. The van der Waals surface area contributed by atoms with Crippen LogP contribution in [-0.2, 0) is 4.79 Å². The second-order valence-corrected chi connectivity index (χ2v) is 9.91. The van der Waals surface area contributed by atoms with E-state index in [4.69, 9.17) is 23.2 Å². The first-order chi connectivity index (χ1) is 13.9. The number of likely N-dealkylation sites (N-methyl/N-ethyl adjacent to an activating group) is 1. The van der Waals surface area contributed by atoms with Crippen LogP contribution >= 0.6 is 58.7 Å². The molecule has 3 aromatic rings. The van der Waals surface area contributed by atoms with Crippen LogP contribution in [0.25, 0.3) is 10.2 Å². The van der Waals surface area contributed by atoms with Crippen LogP contribution < -0.4 is 4.90 Å². The van der Waals surface area contributed by atoms with Crippen molar-refractivity contribution >= 4 is 80.0 Å². The SMILES string of the molecule is CN(C)CCN(C(=O)CCCSc1ccc(Cl)cc1)c1nc2ccc(Cl)cc2s1.Cl. The third kappa shape index (κ3) is 7.29. The Hall–Kier alpha value is -1.02. The second kappa shape index (κ2) is 12.1. The maximum absolute atomic E-state index is 13.0. The van der Waals surface area contributed by atoms with Gasteiger partial charge in [-0.3, -0.25) is 9.69 Å². The minimum Gasteiger partial charge on any atom is -0.308 e. The highest BCUT2D eigenvalue weighted by atomic mass is 35.5. The molecule has 0 saturated carbocycles. The summed E-state index contributed by atoms with van der Waals surface area (Å²) in [6.07, 6.45) is 1.30. The van der Waals surface area contributed by atoms with Crippen molar-refractivity contribution in [3.05, 3.63) is 52.5 Å². The number of anilines is 1. The van der Waals surface area contributed by atoms with Gasteiger partial charge in [-0.15, -0.1) is 24.2 Å². The number of carbonyl (C=O) groups is 1. The number of halogens is 3. The van der Waals surface area contributed by atoms with E-state index >= 15 is 0 Å². The van der Waals surface area contributed by atoms with E-state index in [1.54, 1.807) is 11.8 Å². The van der Waals surface area contributed by atoms with Gasteiger partial charge in [-0.2, -0.15) is 0 Å². The van der Waals surface area contributed by atoms with Crippen LogP contribution in [0.15, 0.2) is 47.4 Å². The van der Waals surface area contributed by atoms with Crippen molar-refractivity contribution in [2.75, 3.05) is 37.8 Å². The number of amides is 1. The molecule has 162 valence electrons. The van der Waals surface area contributed by atoms with E-state index in [0.717, 1.165) is 44.0 Å². The van der Waals surface area contributed by atoms with Crippen LogP contribution in [-0.4, -0.2) is 48.7 Å². The number of benzene rings is 2. The van der Waals surface area contributed by atoms with Crippen LogP contribution in [0.4, 0.5) is 5.13 Å². The molecule has 1 heterocycles. The van der Waals surface area contributed by atoms with E-state index in [1.165, 1.54) is 11.3 Å². The Labute approximate surface area is 202 Å². The zero-order valence-corrected chi connectivity index (χ0v) is 20.8. The molecule has 9 heteroatoms. The lowest BCUT2D eigenvalue weighted by atomic mass is 10.3. The molecule has 0 aliphatic carbocycles. The summed E-state index contributed by atoms with van der Waals surface area (Å²) in [5.74, 6) is 0.985. The fourth-order valence-corrected chi connectivity index (χ4v) is 4.97. The van der Waals surface area contributed by atoms with E-state index < -0.39 is 0 Å². The predicted octanol–water partition coefficient (Wildman–Crippen LogP) is 6.49. The van der Waals surface area contributed by atoms with Crippen molar-refractivity contribution in [1.82, 2.24) is 9.88 Å². The summed E-state index contributed by atoms with van der Waals surface area (Å²) in [4.78, 5) is 22.7. The monoisotopic (exact) mass is 503 g/mol. The van der Waals surface area contributed by atoms with Gasteiger partial charge < -0.3 is 4.90 Å². The first kappa shape index (κ1) is 25.2. The topological polar surface area (TPSA) is 36.4 Å². The van der Waals surface area contributed by atoms with E-state index in [2.05, 4.69) is 9.88 Å². The highest BCUT2D eigenvalue weighted by Crippen LogP contribution is 2.31. The smallest absolute Gasteiger partial charge is 0.228 e. The number of carbonyl (C=O) groups excluding carboxylic acids is 1. The average Bonchev–Trinajstić information content (AvgIpc) is 3.09. The number of nitrogens with zero attached hydrogens (tertiary/aromatic N) is 3. The van der Waals surface area contributed by atoms with Crippen LogP contribution in [0.2, 0.25) is 10.0 Å². The molecule has 0 aliphatic heterocycles. The zero-order chi connectivity index (χ0) is 20.8. The van der Waals surface area contributed by atoms with E-state index in [0.29, 0.717) is 18.0 Å². The standard InChI is InChI=1S/C21H23Cl2N3OS2.ClH/c1-25(2)11-12-26(21-24-18-10-7-16(23)14-19(18)29-21)20(27)4-3-13-28-17-8-5-15(22)6-9-17;/h5-10,14H,3-4,11-13H2,1-2H3;1H. The number of aromatic nitrogens is 1. The summed E-state index contributed by atoms with van der Waals surface area (Å²) in [6, 6.07) is 13.4. The Bertz CT molecular complexity index is 964. The van der Waals surface area contributed by atoms with Crippen molar-refractivity contribution in [1.29, 1.82) is 0 Å². The molecule has 0 fully saturated rings. The third-order valence-electron chi connectivity index (χ3n) is 4.26. The number of thioether (sulfide) groups is 1. The van der Waals surface area contributed by atoms with Crippen molar-refractivity contribution in [2.24, 2.45) is 0 Å². The normalized spacial score (nSPS) is 11.0. The van der Waals surface area contributed by atoms with Gasteiger partial charge in [0.1, 0.15) is 0 Å². The van der Waals surface area contributed by atoms with E-state index in [9.17, 15) is 4.79 Å². The predicted molar refractivity (Wildman–Crippen MR) is 134 cm³/mol. The summed E-state index contributed by atoms with van der Waals surface area (Å²) < 4.78 is 0.994. The molecular formula is C21H24Cl3N3OS2. The van der Waals surface area contributed by atoms with Crippen molar-refractivity contribution in [2.45, 2.75) is 17.7 Å². The minimum absolute atomic E-state index is 0. The Balaban J connectivity index is 0.00000320. The molecule has 0 radical (unpaired) electrons. The zero-order valence-electron chi connectivity index (χ0n) is 16.8. The molecule has 0 atom stereocenters. The average molecular weight is 505 g/mol. The van der Waals surface area contributed by atoms with Gasteiger partial charge >= 0.3 is 0 Å². The van der Waals surface area contributed by atoms with Crippen LogP contribution in [0.3, 0.4) is 0 Å². The lowest BCUT2D eigenvalue weighted by molar-refractivity contribution is -0.118. The van der Waals surface area contributed by atoms with Gasteiger partial charge in [0.25, 0.3) is 0 Å². The first-order valence-electron chi connectivity index (χ1n) is 9.32. The fraction of sp³-hybridized carbons (Fsp3) is 0.333. The van der Waals surface area contributed by atoms with Gasteiger partial charge in [0.05, 0.1) is 10.2 Å². The molecule has 1 aromatic heterocycles. The molecule has 0 aliphatic rings. The van der Waals surface area contributed by atoms with E-state index in [-0.39, 0.29) is 18.3 Å². The fourth-order valence-electron chi connectivity index (χ4n) is 2.71. The molecule has 0 bridgehead atoms. The molecular weight excluding hydrogens is 481 g/mol. The maximum atomic E-state index is 13.0. The first-order valence-corrected chi connectivity index (χ1v) is 11.9. The van der Waals surface area contributed by atoms with Crippen molar-refractivity contribution < 1.29 is 4.79 Å². The highest BCUT2D eigenvalue weighted by molar-refractivity contribution is 7.99. The molecule has 30 heavy (non-hydrogen) atoms. The Kier molecular flexibility index (Phi) is 10.2. The van der Waals surface area contributed by atoms with Gasteiger partial charge in [0, 0.05) is 34.5 Å². The summed E-state index contributed by atoms with van der Waals surface area (Å²) in [6.45, 7) is 1.39. The molecule has 0 saturated heterocycles. The summed E-state index contributed by atoms with van der Waals surface area (Å²) >= 11 is 15.3. The number of rotatable bonds is 9. The van der Waals surface area contributed by atoms with Gasteiger partial charge in [0.2, 0.25) is 5.91 Å². The van der Waals surface area contributed by atoms with Gasteiger partial charge in [-0.05, 0) is 68.7 Å². The number of fused-ring (bicyclic) bond motifs is 1. The van der Waals surface area contributed by atoms with Crippen LogP contribution in [0.1, 0.15) is 12.8 Å². The lowest BCUT2D eigenvalue weighted by Crippen LogP contribution is -2.36. The van der Waals surface area contributed by atoms with E-state index in [1.807, 2.05) is 61.5 Å². The molecule has 0 N–H and O–H groups in total. The molecule has 1 amide bonds. The van der Waals surface area contributed by atoms with Gasteiger partial charge in [-0.25, -0.2) is 4.98 Å². The highest BCUT2D eigenvalue weighted by Gasteiger charge is 2.19. The molecule has 0 unspecified atom stereocenters. The maximum Gasteiger partial charge on any atom is 0.228 e. The summed E-state index contributed by atoms with van der Waals surface area (Å²) in [7, 11) is 4.01. The van der Waals surface area contributed by atoms with Crippen LogP contribution in [0.5, 0.6) is 0 Å². The van der Waals surface area contributed by atoms with Crippen molar-refractivity contribution in [3.63, 3.8) is 0 Å². The van der Waals surface area contributed by atoms with Crippen LogP contribution in [0, 0.1) is 0 Å². The second-order valence-electron chi connectivity index (χ2n) is 6.86. The number of hydrogen-bond donors (Lipinski definition) is 0. The molecule has 2 aromatic carbocycles. The lowest BCUT2D eigenvalue weighted by Gasteiger charge is -2.22. The Morgan fingerprint density at radius 1 is 1.07 bits per heavy atom. The largest absolute Gasteiger partial charge is 0.308 e. The van der Waals surface area contributed by atoms with Gasteiger partial charge in [-0.1, -0.05) is 34.5 Å². The molecule has 0 spiro atoms. The molecule has 4 nitrogen and oxygen atoms in total. The summed E-state index contributed by atoms with van der Waals surface area (Å²) in [5, 5.41) is 2.15. The quantitative estimate of drug-likeness (QED) is 0.246.